The molecule has 4 heteroatoms. The van der Waals surface area contributed by atoms with Gasteiger partial charge in [-0.25, -0.2) is 4.39 Å². The van der Waals surface area contributed by atoms with Gasteiger partial charge in [-0.1, -0.05) is 18.2 Å². The van der Waals surface area contributed by atoms with Crippen LogP contribution in [0.3, 0.4) is 0 Å². The van der Waals surface area contributed by atoms with Crippen LogP contribution in [-0.2, 0) is 6.42 Å². The maximum atomic E-state index is 13.2. The van der Waals surface area contributed by atoms with E-state index in [9.17, 15) is 4.39 Å². The Bertz CT molecular complexity index is 615. The number of hydrogen-bond acceptors (Lipinski definition) is 2. The fourth-order valence-electron chi connectivity index (χ4n) is 2.13. The molecule has 112 valence electrons. The molecule has 0 spiro atoms. The third kappa shape index (κ3) is 4.55. The SMILES string of the molecule is CC(C)Oc1cccc(C(N)Cc2ccc(F)c(Br)c2)c1. The van der Waals surface area contributed by atoms with Gasteiger partial charge in [0.25, 0.3) is 0 Å². The zero-order valence-electron chi connectivity index (χ0n) is 12.1. The topological polar surface area (TPSA) is 35.2 Å². The molecule has 0 fully saturated rings. The van der Waals surface area contributed by atoms with E-state index in [1.54, 1.807) is 12.1 Å². The van der Waals surface area contributed by atoms with Crippen LogP contribution in [0.25, 0.3) is 0 Å². The number of hydrogen-bond donors (Lipinski definition) is 1. The van der Waals surface area contributed by atoms with Gasteiger partial charge < -0.3 is 10.5 Å². The predicted octanol–water partition coefficient (Wildman–Crippen LogP) is 4.62. The average Bonchev–Trinajstić information content (AvgIpc) is 2.42. The van der Waals surface area contributed by atoms with Crippen LogP contribution in [0.5, 0.6) is 5.75 Å². The summed E-state index contributed by atoms with van der Waals surface area (Å²) in [6.07, 6.45) is 0.772. The Morgan fingerprint density at radius 1 is 1.19 bits per heavy atom. The highest BCUT2D eigenvalue weighted by Crippen LogP contribution is 2.24. The summed E-state index contributed by atoms with van der Waals surface area (Å²) in [6, 6.07) is 12.6. The molecule has 0 heterocycles. The molecule has 2 aromatic rings. The summed E-state index contributed by atoms with van der Waals surface area (Å²) in [4.78, 5) is 0. The lowest BCUT2D eigenvalue weighted by Crippen LogP contribution is -2.14. The van der Waals surface area contributed by atoms with Crippen molar-refractivity contribution >= 4 is 15.9 Å². The Balaban J connectivity index is 2.12. The first kappa shape index (κ1) is 16.0. The molecule has 0 radical (unpaired) electrons. The fourth-order valence-corrected chi connectivity index (χ4v) is 2.56. The third-order valence-electron chi connectivity index (χ3n) is 3.10. The van der Waals surface area contributed by atoms with Gasteiger partial charge >= 0.3 is 0 Å². The maximum Gasteiger partial charge on any atom is 0.137 e. The first-order valence-electron chi connectivity index (χ1n) is 6.92. The van der Waals surface area contributed by atoms with Crippen LogP contribution in [-0.4, -0.2) is 6.10 Å². The second-order valence-electron chi connectivity index (χ2n) is 5.30. The summed E-state index contributed by atoms with van der Waals surface area (Å²) < 4.78 is 19.4. The Morgan fingerprint density at radius 2 is 1.95 bits per heavy atom. The van der Waals surface area contributed by atoms with E-state index in [-0.39, 0.29) is 18.0 Å². The van der Waals surface area contributed by atoms with Crippen LogP contribution < -0.4 is 10.5 Å². The van der Waals surface area contributed by atoms with Crippen LogP contribution in [0.1, 0.15) is 31.0 Å². The number of benzene rings is 2. The van der Waals surface area contributed by atoms with Crippen LogP contribution in [0.4, 0.5) is 4.39 Å². The number of rotatable bonds is 5. The molecule has 0 aliphatic heterocycles. The lowest BCUT2D eigenvalue weighted by molar-refractivity contribution is 0.242. The van der Waals surface area contributed by atoms with Crippen molar-refractivity contribution in [1.82, 2.24) is 0 Å². The van der Waals surface area contributed by atoms with Crippen LogP contribution in [0.15, 0.2) is 46.9 Å². The molecule has 1 atom stereocenters. The first-order chi connectivity index (χ1) is 9.95. The Hall–Kier alpha value is -1.39. The molecule has 0 aromatic heterocycles. The van der Waals surface area contributed by atoms with Crippen LogP contribution >= 0.6 is 15.9 Å². The Morgan fingerprint density at radius 3 is 2.62 bits per heavy atom. The lowest BCUT2D eigenvalue weighted by atomic mass is 9.99. The van der Waals surface area contributed by atoms with Gasteiger partial charge in [0.1, 0.15) is 11.6 Å². The molecule has 2 N–H and O–H groups in total. The summed E-state index contributed by atoms with van der Waals surface area (Å²) in [5.41, 5.74) is 8.25. The monoisotopic (exact) mass is 351 g/mol. The highest BCUT2D eigenvalue weighted by Gasteiger charge is 2.10. The van der Waals surface area contributed by atoms with E-state index in [4.69, 9.17) is 10.5 Å². The predicted molar refractivity (Wildman–Crippen MR) is 86.9 cm³/mol. The zero-order valence-corrected chi connectivity index (χ0v) is 13.7. The molecule has 0 aliphatic carbocycles. The molecular weight excluding hydrogens is 333 g/mol. The number of ether oxygens (including phenoxy) is 1. The van der Waals surface area contributed by atoms with E-state index in [0.29, 0.717) is 10.9 Å². The van der Waals surface area contributed by atoms with E-state index in [1.807, 2.05) is 38.1 Å². The molecule has 21 heavy (non-hydrogen) atoms. The second-order valence-corrected chi connectivity index (χ2v) is 6.15. The minimum absolute atomic E-state index is 0.129. The molecule has 0 saturated carbocycles. The van der Waals surface area contributed by atoms with Gasteiger partial charge in [0.15, 0.2) is 0 Å². The summed E-state index contributed by atoms with van der Waals surface area (Å²) in [6.45, 7) is 3.98. The van der Waals surface area contributed by atoms with Crippen molar-refractivity contribution in [3.05, 3.63) is 63.9 Å². The van der Waals surface area contributed by atoms with Crippen molar-refractivity contribution in [1.29, 1.82) is 0 Å². The first-order valence-corrected chi connectivity index (χ1v) is 7.71. The van der Waals surface area contributed by atoms with Crippen molar-refractivity contribution in [2.75, 3.05) is 0 Å². The van der Waals surface area contributed by atoms with Gasteiger partial charge in [0, 0.05) is 6.04 Å². The standard InChI is InChI=1S/C17H19BrFNO/c1-11(2)21-14-5-3-4-13(10-14)17(20)9-12-6-7-16(19)15(18)8-12/h3-8,10-11,17H,9,20H2,1-2H3. The molecule has 0 saturated heterocycles. The van der Waals surface area contributed by atoms with Crippen LogP contribution in [0.2, 0.25) is 0 Å². The Labute approximate surface area is 133 Å². The van der Waals surface area contributed by atoms with Gasteiger partial charge in [0.05, 0.1) is 10.6 Å². The molecule has 0 aliphatic rings. The van der Waals surface area contributed by atoms with Gasteiger partial charge in [-0.05, 0) is 71.6 Å². The van der Waals surface area contributed by atoms with Crippen LogP contribution in [0, 0.1) is 5.82 Å². The Kier molecular flexibility index (Phi) is 5.37. The smallest absolute Gasteiger partial charge is 0.137 e. The van der Waals surface area contributed by atoms with Crippen molar-refractivity contribution in [2.45, 2.75) is 32.4 Å². The summed E-state index contributed by atoms with van der Waals surface area (Å²) in [7, 11) is 0. The van der Waals surface area contributed by atoms with Crippen molar-refractivity contribution < 1.29 is 9.13 Å². The van der Waals surface area contributed by atoms with E-state index in [0.717, 1.165) is 16.9 Å². The summed E-state index contributed by atoms with van der Waals surface area (Å²) >= 11 is 3.20. The largest absolute Gasteiger partial charge is 0.491 e. The highest BCUT2D eigenvalue weighted by atomic mass is 79.9. The van der Waals surface area contributed by atoms with Crippen molar-refractivity contribution in [3.63, 3.8) is 0 Å². The minimum atomic E-state index is -0.264. The molecule has 2 nitrogen and oxygen atoms in total. The minimum Gasteiger partial charge on any atom is -0.491 e. The van der Waals surface area contributed by atoms with E-state index in [1.165, 1.54) is 6.07 Å². The van der Waals surface area contributed by atoms with Crippen molar-refractivity contribution in [3.8, 4) is 5.75 Å². The quantitative estimate of drug-likeness (QED) is 0.852. The lowest BCUT2D eigenvalue weighted by Gasteiger charge is -2.15. The second kappa shape index (κ2) is 7.05. The van der Waals surface area contributed by atoms with E-state index < -0.39 is 0 Å². The molecule has 2 aromatic carbocycles. The van der Waals surface area contributed by atoms with Gasteiger partial charge in [-0.2, -0.15) is 0 Å². The van der Waals surface area contributed by atoms with Gasteiger partial charge in [-0.3, -0.25) is 0 Å². The summed E-state index contributed by atoms with van der Waals surface area (Å²) in [5, 5.41) is 0. The van der Waals surface area contributed by atoms with Gasteiger partial charge in [-0.15, -0.1) is 0 Å². The highest BCUT2D eigenvalue weighted by molar-refractivity contribution is 9.10. The number of nitrogens with two attached hydrogens (primary N) is 1. The molecular formula is C17H19BrFNO. The van der Waals surface area contributed by atoms with E-state index in [2.05, 4.69) is 15.9 Å². The molecule has 1 unspecified atom stereocenters. The molecule has 2 rings (SSSR count). The van der Waals surface area contributed by atoms with Gasteiger partial charge in [0.2, 0.25) is 0 Å². The average molecular weight is 352 g/mol. The van der Waals surface area contributed by atoms with Crippen molar-refractivity contribution in [2.24, 2.45) is 5.73 Å². The third-order valence-corrected chi connectivity index (χ3v) is 3.71. The summed E-state index contributed by atoms with van der Waals surface area (Å²) in [5.74, 6) is 0.554. The maximum absolute atomic E-state index is 13.2. The number of halogens is 2. The molecule has 0 bridgehead atoms. The normalized spacial score (nSPS) is 12.5. The fraction of sp³-hybridized carbons (Fsp3) is 0.294. The zero-order chi connectivity index (χ0) is 15.4. The van der Waals surface area contributed by atoms with E-state index >= 15 is 0 Å². The molecule has 0 amide bonds.